The fraction of sp³-hybridized carbons (Fsp3) is 0.611. The van der Waals surface area contributed by atoms with E-state index in [0.29, 0.717) is 37.4 Å². The fourth-order valence-electron chi connectivity index (χ4n) is 3.08. The van der Waals surface area contributed by atoms with Gasteiger partial charge in [-0.3, -0.25) is 4.79 Å². The molecule has 0 radical (unpaired) electrons. The number of benzene rings is 1. The number of likely N-dealkylation sites (N-methyl/N-ethyl adjacent to an activating group) is 1. The van der Waals surface area contributed by atoms with Gasteiger partial charge in [0.1, 0.15) is 12.4 Å². The maximum absolute atomic E-state index is 12.5. The number of halogens is 1. The fourth-order valence-corrected chi connectivity index (χ4v) is 3.31. The minimum absolute atomic E-state index is 0.0837. The quantitative estimate of drug-likeness (QED) is 0.852. The van der Waals surface area contributed by atoms with Crippen molar-refractivity contribution in [1.29, 1.82) is 0 Å². The Morgan fingerprint density at radius 2 is 2.17 bits per heavy atom. The second kappa shape index (κ2) is 8.70. The van der Waals surface area contributed by atoms with Crippen molar-refractivity contribution in [2.45, 2.75) is 38.4 Å². The third kappa shape index (κ3) is 4.85. The number of carbonyl (C=O) groups is 1. The number of hydrogen-bond donors (Lipinski definition) is 1. The molecule has 0 saturated heterocycles. The maximum Gasteiger partial charge on any atom is 0.225 e. The highest BCUT2D eigenvalue weighted by molar-refractivity contribution is 6.30. The molecule has 1 saturated carbocycles. The van der Waals surface area contributed by atoms with Crippen LogP contribution in [0.25, 0.3) is 0 Å². The first-order valence-corrected chi connectivity index (χ1v) is 8.65. The molecule has 134 valence electrons. The largest absolute Gasteiger partial charge is 0.491 e. The normalized spacial score (nSPS) is 23.8. The van der Waals surface area contributed by atoms with Gasteiger partial charge in [-0.15, -0.1) is 0 Å². The average molecular weight is 356 g/mol. The smallest absolute Gasteiger partial charge is 0.225 e. The molecular weight excluding hydrogens is 330 g/mol. The lowest BCUT2D eigenvalue weighted by Crippen LogP contribution is -2.43. The van der Waals surface area contributed by atoms with Gasteiger partial charge in [-0.05, 0) is 49.9 Å². The third-order valence-electron chi connectivity index (χ3n) is 4.61. The number of rotatable bonds is 6. The van der Waals surface area contributed by atoms with Crippen LogP contribution in [0.3, 0.4) is 0 Å². The summed E-state index contributed by atoms with van der Waals surface area (Å²) in [5.41, 5.74) is 0.973. The molecule has 0 unspecified atom stereocenters. The molecule has 1 aromatic carbocycles. The Hall–Kier alpha value is -1.30. The highest BCUT2D eigenvalue weighted by atomic mass is 35.5. The molecule has 1 aromatic rings. The molecule has 3 atom stereocenters. The van der Waals surface area contributed by atoms with Crippen LogP contribution >= 0.6 is 11.6 Å². The molecule has 0 spiro atoms. The molecule has 0 bridgehead atoms. The first-order chi connectivity index (χ1) is 11.4. The minimum Gasteiger partial charge on any atom is -0.491 e. The maximum atomic E-state index is 12.5. The molecule has 5 nitrogen and oxygen atoms in total. The van der Waals surface area contributed by atoms with Crippen LogP contribution < -0.4 is 4.74 Å². The van der Waals surface area contributed by atoms with Crippen molar-refractivity contribution >= 4 is 17.5 Å². The topological polar surface area (TPSA) is 59.0 Å². The molecule has 1 aliphatic rings. The van der Waals surface area contributed by atoms with Gasteiger partial charge in [0.05, 0.1) is 18.8 Å². The van der Waals surface area contributed by atoms with Crippen molar-refractivity contribution in [3.8, 4) is 5.75 Å². The van der Waals surface area contributed by atoms with Crippen LogP contribution in [0.4, 0.5) is 0 Å². The summed E-state index contributed by atoms with van der Waals surface area (Å²) in [6, 6.07) is 5.48. The van der Waals surface area contributed by atoms with Gasteiger partial charge in [0.25, 0.3) is 0 Å². The summed E-state index contributed by atoms with van der Waals surface area (Å²) < 4.78 is 11.0. The Bertz CT molecular complexity index is 566. The van der Waals surface area contributed by atoms with E-state index in [0.717, 1.165) is 11.3 Å². The number of aryl methyl sites for hydroxylation is 1. The molecule has 0 aliphatic heterocycles. The lowest BCUT2D eigenvalue weighted by atomic mass is 9.84. The predicted molar refractivity (Wildman–Crippen MR) is 93.5 cm³/mol. The zero-order valence-corrected chi connectivity index (χ0v) is 15.3. The van der Waals surface area contributed by atoms with Gasteiger partial charge in [-0.2, -0.15) is 0 Å². The van der Waals surface area contributed by atoms with E-state index in [4.69, 9.17) is 21.1 Å². The summed E-state index contributed by atoms with van der Waals surface area (Å²) in [6.07, 6.45) is 1.14. The van der Waals surface area contributed by atoms with Gasteiger partial charge < -0.3 is 19.5 Å². The average Bonchev–Trinajstić information content (AvgIpc) is 2.56. The molecule has 2 rings (SSSR count). The van der Waals surface area contributed by atoms with Gasteiger partial charge in [-0.25, -0.2) is 0 Å². The van der Waals surface area contributed by atoms with Crippen molar-refractivity contribution < 1.29 is 19.4 Å². The summed E-state index contributed by atoms with van der Waals surface area (Å²) in [5.74, 6) is 0.765. The number of nitrogens with zero attached hydrogens (tertiary/aromatic N) is 1. The monoisotopic (exact) mass is 355 g/mol. The molecule has 0 heterocycles. The zero-order chi connectivity index (χ0) is 17.7. The highest BCUT2D eigenvalue weighted by Gasteiger charge is 2.34. The van der Waals surface area contributed by atoms with E-state index in [1.165, 1.54) is 0 Å². The van der Waals surface area contributed by atoms with Crippen LogP contribution in [-0.2, 0) is 9.53 Å². The van der Waals surface area contributed by atoms with Crippen LogP contribution in [0, 0.1) is 12.8 Å². The number of aliphatic hydroxyl groups is 1. The van der Waals surface area contributed by atoms with Gasteiger partial charge in [0.2, 0.25) is 5.91 Å². The van der Waals surface area contributed by atoms with E-state index in [2.05, 4.69) is 0 Å². The summed E-state index contributed by atoms with van der Waals surface area (Å²) >= 11 is 5.93. The standard InChI is InChI=1S/C18H26ClNO4/c1-12-10-14(19)5-7-16(12)24-9-8-20(2)18(22)13-4-6-15(21)17(11-13)23-3/h5,7,10,13,15,17,21H,4,6,8-9,11H2,1-3H3/t13-,15+,17-/m1/s1. The summed E-state index contributed by atoms with van der Waals surface area (Å²) in [6.45, 7) is 2.87. The Morgan fingerprint density at radius 1 is 1.42 bits per heavy atom. The highest BCUT2D eigenvalue weighted by Crippen LogP contribution is 2.28. The molecule has 0 aromatic heterocycles. The van der Waals surface area contributed by atoms with E-state index in [1.54, 1.807) is 25.1 Å². The van der Waals surface area contributed by atoms with E-state index in [9.17, 15) is 9.90 Å². The minimum atomic E-state index is -0.472. The van der Waals surface area contributed by atoms with E-state index >= 15 is 0 Å². The Labute approximate surface area is 148 Å². The third-order valence-corrected chi connectivity index (χ3v) is 4.84. The number of ether oxygens (including phenoxy) is 2. The Balaban J connectivity index is 1.81. The summed E-state index contributed by atoms with van der Waals surface area (Å²) in [7, 11) is 3.36. The van der Waals surface area contributed by atoms with E-state index in [-0.39, 0.29) is 17.9 Å². The van der Waals surface area contributed by atoms with Crippen molar-refractivity contribution in [2.75, 3.05) is 27.3 Å². The van der Waals surface area contributed by atoms with E-state index < -0.39 is 6.10 Å². The number of hydrogen-bond acceptors (Lipinski definition) is 4. The van der Waals surface area contributed by atoms with Gasteiger partial charge in [0.15, 0.2) is 0 Å². The Morgan fingerprint density at radius 3 is 2.83 bits per heavy atom. The first kappa shape index (κ1) is 19.0. The molecule has 1 N–H and O–H groups in total. The van der Waals surface area contributed by atoms with Crippen LogP contribution in [0.15, 0.2) is 18.2 Å². The second-order valence-electron chi connectivity index (χ2n) is 6.37. The van der Waals surface area contributed by atoms with Crippen molar-refractivity contribution in [3.05, 3.63) is 28.8 Å². The van der Waals surface area contributed by atoms with Gasteiger partial charge in [0, 0.05) is 25.1 Å². The first-order valence-electron chi connectivity index (χ1n) is 8.27. The summed E-state index contributed by atoms with van der Waals surface area (Å²) in [4.78, 5) is 14.2. The summed E-state index contributed by atoms with van der Waals surface area (Å²) in [5, 5.41) is 10.5. The zero-order valence-electron chi connectivity index (χ0n) is 14.5. The van der Waals surface area contributed by atoms with Crippen LogP contribution in [-0.4, -0.2) is 55.4 Å². The number of methoxy groups -OCH3 is 1. The lowest BCUT2D eigenvalue weighted by Gasteiger charge is -2.33. The molecular formula is C18H26ClNO4. The van der Waals surface area contributed by atoms with Gasteiger partial charge in [-0.1, -0.05) is 11.6 Å². The van der Waals surface area contributed by atoms with Crippen molar-refractivity contribution in [2.24, 2.45) is 5.92 Å². The van der Waals surface area contributed by atoms with Crippen molar-refractivity contribution in [3.63, 3.8) is 0 Å². The molecule has 1 fully saturated rings. The number of carbonyl (C=O) groups excluding carboxylic acids is 1. The molecule has 24 heavy (non-hydrogen) atoms. The van der Waals surface area contributed by atoms with Crippen LogP contribution in [0.2, 0.25) is 5.02 Å². The van der Waals surface area contributed by atoms with Crippen LogP contribution in [0.5, 0.6) is 5.75 Å². The SMILES string of the molecule is CO[C@@H]1C[C@H](C(=O)N(C)CCOc2ccc(Cl)cc2C)CC[C@@H]1O. The van der Waals surface area contributed by atoms with Gasteiger partial charge >= 0.3 is 0 Å². The second-order valence-corrected chi connectivity index (χ2v) is 6.81. The van der Waals surface area contributed by atoms with E-state index in [1.807, 2.05) is 19.1 Å². The molecule has 6 heteroatoms. The van der Waals surface area contributed by atoms with Crippen LogP contribution in [0.1, 0.15) is 24.8 Å². The van der Waals surface area contributed by atoms with Crippen molar-refractivity contribution in [1.82, 2.24) is 4.90 Å². The lowest BCUT2D eigenvalue weighted by molar-refractivity contribution is -0.139. The number of amides is 1. The molecule has 1 amide bonds. The number of aliphatic hydroxyl groups excluding tert-OH is 1. The Kier molecular flexibility index (Phi) is 6.90. The molecule has 1 aliphatic carbocycles. The predicted octanol–water partition coefficient (Wildman–Crippen LogP) is 2.66.